The van der Waals surface area contributed by atoms with Gasteiger partial charge in [0.2, 0.25) is 0 Å². The monoisotopic (exact) mass is 351 g/mol. The average Bonchev–Trinajstić information content (AvgIpc) is 2.86. The molecule has 8 heteroatoms. The van der Waals surface area contributed by atoms with E-state index in [4.69, 9.17) is 4.74 Å². The van der Waals surface area contributed by atoms with Crippen molar-refractivity contribution in [3.05, 3.63) is 46.8 Å². The molecule has 1 amide bonds. The van der Waals surface area contributed by atoms with Gasteiger partial charge < -0.3 is 14.7 Å². The summed E-state index contributed by atoms with van der Waals surface area (Å²) in [5.74, 6) is -2.61. The SMILES string of the molecule is COc1cc(F)c(C(=O)N2CCCn3nc(C(C)O)cc3C2)c(F)c1. The molecule has 1 aliphatic rings. The number of aliphatic hydroxyl groups excluding tert-OH is 1. The maximum Gasteiger partial charge on any atom is 0.260 e. The Kier molecular flexibility index (Phi) is 4.71. The number of aryl methyl sites for hydroxylation is 1. The van der Waals surface area contributed by atoms with Gasteiger partial charge in [-0.05, 0) is 19.4 Å². The number of methoxy groups -OCH3 is 1. The summed E-state index contributed by atoms with van der Waals surface area (Å²) < 4.78 is 34.9. The molecular formula is C17H19F2N3O3. The molecule has 0 fully saturated rings. The standard InChI is InChI=1S/C17H19F2N3O3/c1-10(23)15-6-11-9-21(4-3-5-22(11)20-15)17(24)16-13(18)7-12(25-2)8-14(16)19/h6-8,10,23H,3-5,9H2,1-2H3. The van der Waals surface area contributed by atoms with E-state index in [1.807, 2.05) is 0 Å². The van der Waals surface area contributed by atoms with Crippen molar-refractivity contribution in [2.45, 2.75) is 32.5 Å². The van der Waals surface area contributed by atoms with Gasteiger partial charge in [-0.2, -0.15) is 5.10 Å². The van der Waals surface area contributed by atoms with Crippen molar-refractivity contribution >= 4 is 5.91 Å². The average molecular weight is 351 g/mol. The zero-order chi connectivity index (χ0) is 18.1. The van der Waals surface area contributed by atoms with Crippen molar-refractivity contribution < 1.29 is 23.4 Å². The van der Waals surface area contributed by atoms with Crippen molar-refractivity contribution in [2.24, 2.45) is 0 Å². The van der Waals surface area contributed by atoms with Crippen LogP contribution in [0.5, 0.6) is 5.75 Å². The fraction of sp³-hybridized carbons (Fsp3) is 0.412. The van der Waals surface area contributed by atoms with E-state index < -0.39 is 29.2 Å². The van der Waals surface area contributed by atoms with Crippen molar-refractivity contribution in [3.63, 3.8) is 0 Å². The van der Waals surface area contributed by atoms with Crippen LogP contribution in [-0.4, -0.2) is 39.3 Å². The Labute approximate surface area is 143 Å². The molecule has 0 aliphatic carbocycles. The molecule has 0 radical (unpaired) electrons. The first-order valence-corrected chi connectivity index (χ1v) is 7.97. The fourth-order valence-corrected chi connectivity index (χ4v) is 2.89. The van der Waals surface area contributed by atoms with Crippen LogP contribution >= 0.6 is 0 Å². The molecule has 2 aromatic rings. The summed E-state index contributed by atoms with van der Waals surface area (Å²) in [7, 11) is 1.30. The number of carbonyl (C=O) groups is 1. The van der Waals surface area contributed by atoms with Crippen molar-refractivity contribution in [1.29, 1.82) is 0 Å². The Bertz CT molecular complexity index is 781. The van der Waals surface area contributed by atoms with Crippen LogP contribution in [0.2, 0.25) is 0 Å². The number of benzene rings is 1. The summed E-state index contributed by atoms with van der Waals surface area (Å²) in [5.41, 5.74) is 0.631. The number of ether oxygens (including phenoxy) is 1. The van der Waals surface area contributed by atoms with Crippen LogP contribution in [0.1, 0.15) is 41.2 Å². The molecule has 134 valence electrons. The molecular weight excluding hydrogens is 332 g/mol. The molecule has 2 heterocycles. The highest BCUT2D eigenvalue weighted by molar-refractivity contribution is 5.95. The number of hydrogen-bond acceptors (Lipinski definition) is 4. The molecule has 0 saturated carbocycles. The Morgan fingerprint density at radius 3 is 2.56 bits per heavy atom. The Hall–Kier alpha value is -2.48. The summed E-state index contributed by atoms with van der Waals surface area (Å²) in [5, 5.41) is 13.9. The van der Waals surface area contributed by atoms with Gasteiger partial charge in [-0.15, -0.1) is 0 Å². The Morgan fingerprint density at radius 2 is 1.96 bits per heavy atom. The summed E-state index contributed by atoms with van der Waals surface area (Å²) >= 11 is 0. The van der Waals surface area contributed by atoms with Gasteiger partial charge in [-0.1, -0.05) is 0 Å². The van der Waals surface area contributed by atoms with Crippen LogP contribution < -0.4 is 4.74 Å². The number of nitrogens with zero attached hydrogens (tertiary/aromatic N) is 3. The van der Waals surface area contributed by atoms with Gasteiger partial charge in [0.05, 0.1) is 31.1 Å². The van der Waals surface area contributed by atoms with E-state index in [0.717, 1.165) is 17.8 Å². The zero-order valence-electron chi connectivity index (χ0n) is 14.0. The highest BCUT2D eigenvalue weighted by Gasteiger charge is 2.27. The minimum absolute atomic E-state index is 0.0158. The van der Waals surface area contributed by atoms with Gasteiger partial charge in [0.1, 0.15) is 22.9 Å². The van der Waals surface area contributed by atoms with Gasteiger partial charge in [-0.25, -0.2) is 8.78 Å². The van der Waals surface area contributed by atoms with Crippen molar-refractivity contribution in [3.8, 4) is 5.75 Å². The molecule has 6 nitrogen and oxygen atoms in total. The highest BCUT2D eigenvalue weighted by atomic mass is 19.1. The zero-order valence-corrected chi connectivity index (χ0v) is 14.0. The van der Waals surface area contributed by atoms with E-state index in [1.165, 1.54) is 12.0 Å². The predicted octanol–water partition coefficient (Wildman–Crippen LogP) is 2.27. The van der Waals surface area contributed by atoms with Crippen LogP contribution in [0, 0.1) is 11.6 Å². The van der Waals surface area contributed by atoms with Gasteiger partial charge in [0.15, 0.2) is 0 Å². The predicted molar refractivity (Wildman–Crippen MR) is 85.1 cm³/mol. The van der Waals surface area contributed by atoms with Crippen LogP contribution in [-0.2, 0) is 13.1 Å². The van der Waals surface area contributed by atoms with Gasteiger partial charge in [-0.3, -0.25) is 9.48 Å². The topological polar surface area (TPSA) is 67.6 Å². The van der Waals surface area contributed by atoms with Gasteiger partial charge >= 0.3 is 0 Å². The molecule has 3 rings (SSSR count). The molecule has 0 saturated heterocycles. The third kappa shape index (κ3) is 3.34. The summed E-state index contributed by atoms with van der Waals surface area (Å²) in [6.45, 7) is 2.70. The highest BCUT2D eigenvalue weighted by Crippen LogP contribution is 2.24. The molecule has 1 aromatic carbocycles. The number of amides is 1. The normalized spacial score (nSPS) is 15.5. The maximum absolute atomic E-state index is 14.2. The first-order valence-electron chi connectivity index (χ1n) is 7.97. The number of aliphatic hydroxyl groups is 1. The van der Waals surface area contributed by atoms with E-state index in [9.17, 15) is 18.7 Å². The Morgan fingerprint density at radius 1 is 1.28 bits per heavy atom. The second-order valence-electron chi connectivity index (χ2n) is 6.01. The van der Waals surface area contributed by atoms with Gasteiger partial charge in [0.25, 0.3) is 5.91 Å². The number of halogens is 2. The lowest BCUT2D eigenvalue weighted by Crippen LogP contribution is -2.32. The largest absolute Gasteiger partial charge is 0.497 e. The van der Waals surface area contributed by atoms with E-state index in [0.29, 0.717) is 25.2 Å². The lowest BCUT2D eigenvalue weighted by atomic mass is 10.1. The minimum Gasteiger partial charge on any atom is -0.497 e. The molecule has 1 aliphatic heterocycles. The lowest BCUT2D eigenvalue weighted by molar-refractivity contribution is 0.0735. The van der Waals surface area contributed by atoms with Crippen molar-refractivity contribution in [1.82, 2.24) is 14.7 Å². The molecule has 25 heavy (non-hydrogen) atoms. The molecule has 1 N–H and O–H groups in total. The van der Waals surface area contributed by atoms with E-state index in [1.54, 1.807) is 17.7 Å². The third-order valence-corrected chi connectivity index (χ3v) is 4.21. The quantitative estimate of drug-likeness (QED) is 0.921. The first kappa shape index (κ1) is 17.3. The number of aromatic nitrogens is 2. The van der Waals surface area contributed by atoms with E-state index in [2.05, 4.69) is 5.10 Å². The van der Waals surface area contributed by atoms with Crippen LogP contribution in [0.25, 0.3) is 0 Å². The number of carbonyl (C=O) groups excluding carboxylic acids is 1. The summed E-state index contributed by atoms with van der Waals surface area (Å²) in [4.78, 5) is 14.1. The number of rotatable bonds is 3. The molecule has 0 bridgehead atoms. The molecule has 1 atom stereocenters. The second-order valence-corrected chi connectivity index (χ2v) is 6.01. The first-order chi connectivity index (χ1) is 11.9. The molecule has 1 aromatic heterocycles. The van der Waals surface area contributed by atoms with Crippen LogP contribution in [0.4, 0.5) is 8.78 Å². The molecule has 0 spiro atoms. The molecule has 1 unspecified atom stereocenters. The summed E-state index contributed by atoms with van der Waals surface area (Å²) in [6.07, 6.45) is -0.126. The van der Waals surface area contributed by atoms with Gasteiger partial charge in [0, 0.05) is 25.2 Å². The van der Waals surface area contributed by atoms with E-state index >= 15 is 0 Å². The second kappa shape index (κ2) is 6.79. The minimum atomic E-state index is -0.954. The van der Waals surface area contributed by atoms with Crippen LogP contribution in [0.15, 0.2) is 18.2 Å². The van der Waals surface area contributed by atoms with Crippen molar-refractivity contribution in [2.75, 3.05) is 13.7 Å². The fourth-order valence-electron chi connectivity index (χ4n) is 2.89. The Balaban J connectivity index is 1.90. The van der Waals surface area contributed by atoms with Crippen LogP contribution in [0.3, 0.4) is 0 Å². The lowest BCUT2D eigenvalue weighted by Gasteiger charge is -2.21. The third-order valence-electron chi connectivity index (χ3n) is 4.21. The number of fused-ring (bicyclic) bond motifs is 1. The number of hydrogen-bond donors (Lipinski definition) is 1. The van der Waals surface area contributed by atoms with E-state index in [-0.39, 0.29) is 12.3 Å². The maximum atomic E-state index is 14.2. The summed E-state index contributed by atoms with van der Waals surface area (Å²) in [6, 6.07) is 3.69. The smallest absolute Gasteiger partial charge is 0.260 e.